The van der Waals surface area contributed by atoms with E-state index in [0.29, 0.717) is 0 Å². The second-order valence-electron chi connectivity index (χ2n) is 9.46. The van der Waals surface area contributed by atoms with E-state index in [4.69, 9.17) is 48.9 Å². The molecule has 0 spiro atoms. The van der Waals surface area contributed by atoms with Gasteiger partial charge < -0.3 is 24.2 Å². The number of alkyl halides is 1. The average Bonchev–Trinajstić information content (AvgIpc) is 3.27. The molecule has 21 heteroatoms. The van der Waals surface area contributed by atoms with Gasteiger partial charge in [-0.25, -0.2) is 19.4 Å². The van der Waals surface area contributed by atoms with E-state index in [1.807, 2.05) is 0 Å². The molecule has 3 heterocycles. The molecule has 4 radical (unpaired) electrons. The normalized spacial score (nSPS) is 21.0. The molecule has 1 unspecified atom stereocenters. The molecule has 3 rings (SSSR count). The van der Waals surface area contributed by atoms with E-state index < -0.39 is 69.5 Å². The van der Waals surface area contributed by atoms with Gasteiger partial charge in [-0.3, -0.25) is 24.0 Å². The van der Waals surface area contributed by atoms with Crippen molar-refractivity contribution in [2.45, 2.75) is 50.8 Å². The van der Waals surface area contributed by atoms with Crippen molar-refractivity contribution in [3.05, 3.63) is 21.3 Å². The summed E-state index contributed by atoms with van der Waals surface area (Å²) < 4.78 is 26.3. The summed E-state index contributed by atoms with van der Waals surface area (Å²) in [5, 5.41) is 7.10. The van der Waals surface area contributed by atoms with Gasteiger partial charge in [0, 0.05) is 5.88 Å². The van der Waals surface area contributed by atoms with Crippen LogP contribution in [0.5, 0.6) is 0 Å². The molecule has 2 aliphatic rings. The van der Waals surface area contributed by atoms with Gasteiger partial charge in [-0.2, -0.15) is 0 Å². The fourth-order valence-corrected chi connectivity index (χ4v) is 6.61. The molecule has 222 valence electrons. The van der Waals surface area contributed by atoms with Crippen LogP contribution in [-0.4, -0.2) is 101 Å². The van der Waals surface area contributed by atoms with Crippen molar-refractivity contribution in [2.75, 3.05) is 16.9 Å². The Kier molecular flexibility index (Phi) is 10.7. The zero-order valence-electron chi connectivity index (χ0n) is 22.3. The molecule has 2 N–H and O–H groups in total. The fourth-order valence-electron chi connectivity index (χ4n) is 3.56. The molecule has 0 aromatic carbocycles. The maximum atomic E-state index is 13.4. The molecule has 15 nitrogen and oxygen atoms in total. The van der Waals surface area contributed by atoms with Crippen molar-refractivity contribution in [1.82, 2.24) is 15.2 Å². The van der Waals surface area contributed by atoms with Crippen LogP contribution in [0.2, 0.25) is 4.34 Å². The third-order valence-electron chi connectivity index (χ3n) is 5.34. The van der Waals surface area contributed by atoms with Crippen molar-refractivity contribution in [3.63, 3.8) is 0 Å². The van der Waals surface area contributed by atoms with Crippen molar-refractivity contribution in [1.29, 1.82) is 0 Å². The van der Waals surface area contributed by atoms with Gasteiger partial charge in [-0.05, 0) is 33.3 Å². The summed E-state index contributed by atoms with van der Waals surface area (Å²) in [7, 11) is 8.03. The maximum absolute atomic E-state index is 13.4. The SMILES string of the molecule is [B]OC(=O)C1=C(CCl)CS(=O)[C@@H]2[C@H](NC(=O)/C(=N\O[C@@H](C)C(=O)O[B])c3nc(NC(=O)OC(C)(C)C)sc3Cl)C(=O)N12. The molecule has 0 aliphatic carbocycles. The van der Waals surface area contributed by atoms with Gasteiger partial charge in [0.1, 0.15) is 32.7 Å². The number of hydrogen-bond acceptors (Lipinski definition) is 13. The van der Waals surface area contributed by atoms with Crippen LogP contribution >= 0.6 is 34.5 Å². The minimum atomic E-state index is -1.80. The third kappa shape index (κ3) is 7.25. The standard InChI is InChI=1S/C21H21B2Cl2N5O10S2/c1-7(17(33)38-22)40-29-10(9-13(25)41-19(27-9)28-20(35)37-21(2,3)4)14(31)26-11-15(32)30-12(18(34)39-23)8(5-24)6-42(36)16(11)30/h7,11,16H,5-6H2,1-4H3,(H,26,31)(H,27,28,35)/b29-10-/t7-,11+,16+,42?/m0/s1. The number of oxime groups is 1. The molecular formula is C21H21B2Cl2N5O10S2. The Balaban J connectivity index is 1.92. The number of nitrogens with zero attached hydrogens (tertiary/aromatic N) is 3. The van der Waals surface area contributed by atoms with Crippen LogP contribution in [0.1, 0.15) is 33.4 Å². The van der Waals surface area contributed by atoms with Crippen molar-refractivity contribution >= 4 is 102 Å². The molecule has 42 heavy (non-hydrogen) atoms. The number of aromatic nitrogens is 1. The predicted molar refractivity (Wildman–Crippen MR) is 151 cm³/mol. The van der Waals surface area contributed by atoms with E-state index >= 15 is 0 Å². The Bertz CT molecular complexity index is 1400. The van der Waals surface area contributed by atoms with Crippen LogP contribution in [-0.2, 0) is 48.9 Å². The summed E-state index contributed by atoms with van der Waals surface area (Å²) in [5.74, 6) is -4.50. The number of amides is 3. The zero-order valence-corrected chi connectivity index (χ0v) is 25.4. The summed E-state index contributed by atoms with van der Waals surface area (Å²) in [5.41, 5.74) is -1.90. The first-order chi connectivity index (χ1) is 19.6. The minimum absolute atomic E-state index is 0.0953. The van der Waals surface area contributed by atoms with Gasteiger partial charge in [0.25, 0.3) is 11.8 Å². The number of halogens is 2. The van der Waals surface area contributed by atoms with Gasteiger partial charge in [0.15, 0.2) is 10.8 Å². The van der Waals surface area contributed by atoms with Crippen molar-refractivity contribution in [3.8, 4) is 0 Å². The molecule has 1 aromatic rings. The van der Waals surface area contributed by atoms with Gasteiger partial charge in [-0.15, -0.1) is 11.6 Å². The summed E-state index contributed by atoms with van der Waals surface area (Å²) in [4.78, 5) is 72.5. The van der Waals surface area contributed by atoms with Crippen LogP contribution in [0.25, 0.3) is 0 Å². The number of carbonyl (C=O) groups excluding carboxylic acids is 5. The Morgan fingerprint density at radius 3 is 2.50 bits per heavy atom. The summed E-state index contributed by atoms with van der Waals surface area (Å²) in [6.45, 7) is 6.14. The molecule has 0 bridgehead atoms. The quantitative estimate of drug-likeness (QED) is 0.123. The van der Waals surface area contributed by atoms with Crippen LogP contribution < -0.4 is 10.6 Å². The second kappa shape index (κ2) is 13.4. The highest BCUT2D eigenvalue weighted by atomic mass is 35.5. The predicted octanol–water partition coefficient (Wildman–Crippen LogP) is 0.414. The van der Waals surface area contributed by atoms with E-state index in [1.54, 1.807) is 20.8 Å². The molecule has 3 amide bonds. The number of fused-ring (bicyclic) bond motifs is 1. The highest BCUT2D eigenvalue weighted by molar-refractivity contribution is 7.86. The largest absolute Gasteiger partial charge is 0.541 e. The monoisotopic (exact) mass is 659 g/mol. The minimum Gasteiger partial charge on any atom is -0.541 e. The maximum Gasteiger partial charge on any atom is 0.413 e. The smallest absolute Gasteiger partial charge is 0.413 e. The van der Waals surface area contributed by atoms with Gasteiger partial charge in [-0.1, -0.05) is 28.1 Å². The lowest BCUT2D eigenvalue weighted by molar-refractivity contribution is -0.149. The lowest BCUT2D eigenvalue weighted by Crippen LogP contribution is -2.74. The molecule has 2 aliphatic heterocycles. The number of thiazole rings is 1. The van der Waals surface area contributed by atoms with Crippen LogP contribution in [0.4, 0.5) is 9.93 Å². The molecule has 1 saturated heterocycles. The molecule has 4 atom stereocenters. The van der Waals surface area contributed by atoms with E-state index in [0.717, 1.165) is 16.2 Å². The summed E-state index contributed by atoms with van der Waals surface area (Å²) in [6.07, 6.45) is -2.26. The number of β-lactam (4-membered cyclic amide) rings is 1. The number of nitrogens with one attached hydrogen (secondary N) is 2. The van der Waals surface area contributed by atoms with E-state index in [2.05, 4.69) is 30.1 Å². The van der Waals surface area contributed by atoms with E-state index in [9.17, 15) is 28.2 Å². The Morgan fingerprint density at radius 1 is 1.26 bits per heavy atom. The van der Waals surface area contributed by atoms with Gasteiger partial charge in [0.05, 0.1) is 16.6 Å². The van der Waals surface area contributed by atoms with Crippen molar-refractivity contribution in [2.24, 2.45) is 5.16 Å². The first-order valence-corrected chi connectivity index (χ1v) is 14.8. The van der Waals surface area contributed by atoms with Gasteiger partial charge >= 0.3 is 34.1 Å². The third-order valence-corrected chi connectivity index (χ3v) is 8.48. The number of anilines is 1. The molecule has 0 saturated carbocycles. The topological polar surface area (TPSA) is 192 Å². The number of hydrogen-bond donors (Lipinski definition) is 2. The summed E-state index contributed by atoms with van der Waals surface area (Å²) >= 11 is 12.9. The van der Waals surface area contributed by atoms with Gasteiger partial charge in [0.2, 0.25) is 6.10 Å². The van der Waals surface area contributed by atoms with Crippen molar-refractivity contribution < 1.29 is 47.1 Å². The second-order valence-corrected chi connectivity index (χ2v) is 12.9. The first-order valence-electron chi connectivity index (χ1n) is 11.6. The Hall–Kier alpha value is -3.15. The van der Waals surface area contributed by atoms with E-state index in [1.165, 1.54) is 6.92 Å². The molecule has 1 aromatic heterocycles. The fraction of sp³-hybridized carbons (Fsp3) is 0.476. The molecule has 1 fully saturated rings. The summed E-state index contributed by atoms with van der Waals surface area (Å²) in [6, 6.07) is -1.41. The van der Waals surface area contributed by atoms with Crippen LogP contribution in [0.15, 0.2) is 16.4 Å². The average molecular weight is 660 g/mol. The zero-order chi connectivity index (χ0) is 31.5. The Morgan fingerprint density at radius 2 is 1.93 bits per heavy atom. The lowest BCUT2D eigenvalue weighted by atomic mass is 10.0. The highest BCUT2D eigenvalue weighted by Crippen LogP contribution is 2.36. The highest BCUT2D eigenvalue weighted by Gasteiger charge is 2.57. The number of ether oxygens (including phenoxy) is 1. The molecular weight excluding hydrogens is 639 g/mol. The van der Waals surface area contributed by atoms with Crippen LogP contribution in [0.3, 0.4) is 0 Å². The van der Waals surface area contributed by atoms with E-state index in [-0.39, 0.29) is 38.1 Å². The Labute approximate surface area is 257 Å². The number of carbonyl (C=O) groups is 5. The number of rotatable bonds is 9. The van der Waals surface area contributed by atoms with Crippen LogP contribution in [0, 0.1) is 0 Å². The lowest BCUT2D eigenvalue weighted by Gasteiger charge is -2.49. The first kappa shape index (κ1) is 33.4.